The maximum atomic E-state index is 13.3. The van der Waals surface area contributed by atoms with Crippen LogP contribution in [-0.2, 0) is 0 Å². The number of carbonyl (C=O) groups excluding carboxylic acids is 1. The van der Waals surface area contributed by atoms with Crippen molar-refractivity contribution in [2.45, 2.75) is 25.3 Å². The van der Waals surface area contributed by atoms with Crippen molar-refractivity contribution in [3.8, 4) is 0 Å². The molecule has 0 aromatic heterocycles. The summed E-state index contributed by atoms with van der Waals surface area (Å²) in [7, 11) is 2.18. The highest BCUT2D eigenvalue weighted by Crippen LogP contribution is 2.18. The first-order valence-electron chi connectivity index (χ1n) is 8.71. The first kappa shape index (κ1) is 17.3. The topological polar surface area (TPSA) is 26.8 Å². The normalized spacial score (nSPS) is 23.5. The van der Waals surface area contributed by atoms with Crippen molar-refractivity contribution in [1.82, 2.24) is 14.7 Å². The van der Waals surface area contributed by atoms with E-state index in [1.165, 1.54) is 19.3 Å². The molecule has 2 saturated heterocycles. The molecule has 6 heteroatoms. The smallest absolute Gasteiger partial charge is 0.254 e. The average molecular weight is 337 g/mol. The van der Waals surface area contributed by atoms with Crippen molar-refractivity contribution in [3.05, 3.63) is 35.4 Å². The minimum absolute atomic E-state index is 0.0907. The van der Waals surface area contributed by atoms with Gasteiger partial charge >= 0.3 is 0 Å². The van der Waals surface area contributed by atoms with Crippen LogP contribution in [-0.4, -0.2) is 73.0 Å². The third-order valence-corrected chi connectivity index (χ3v) is 5.16. The van der Waals surface area contributed by atoms with Gasteiger partial charge in [0, 0.05) is 50.4 Å². The van der Waals surface area contributed by atoms with Gasteiger partial charge in [0.15, 0.2) is 0 Å². The van der Waals surface area contributed by atoms with Gasteiger partial charge in [0.2, 0.25) is 0 Å². The Morgan fingerprint density at radius 1 is 1.04 bits per heavy atom. The fraction of sp³-hybridized carbons (Fsp3) is 0.611. The predicted octanol–water partition coefficient (Wildman–Crippen LogP) is 2.21. The minimum atomic E-state index is -0.711. The lowest BCUT2D eigenvalue weighted by Crippen LogP contribution is -2.53. The Bertz CT molecular complexity index is 567. The van der Waals surface area contributed by atoms with Crippen LogP contribution in [0.4, 0.5) is 8.78 Å². The van der Waals surface area contributed by atoms with E-state index in [1.807, 2.05) is 0 Å². The molecule has 2 heterocycles. The van der Waals surface area contributed by atoms with Crippen LogP contribution in [0.15, 0.2) is 18.2 Å². The van der Waals surface area contributed by atoms with Crippen molar-refractivity contribution in [2.24, 2.45) is 0 Å². The summed E-state index contributed by atoms with van der Waals surface area (Å²) in [6, 6.07) is 3.59. The second kappa shape index (κ2) is 7.57. The van der Waals surface area contributed by atoms with Gasteiger partial charge in [-0.1, -0.05) is 6.42 Å². The molecular weight excluding hydrogens is 312 g/mol. The zero-order valence-electron chi connectivity index (χ0n) is 14.2. The molecule has 2 aliphatic rings. The number of benzene rings is 1. The van der Waals surface area contributed by atoms with Gasteiger partial charge < -0.3 is 9.80 Å². The SMILES string of the molecule is CN1CCCCC1CN1CCN(C(=O)c2cc(F)cc(F)c2)CC1. The number of rotatable bonds is 3. The van der Waals surface area contributed by atoms with E-state index in [9.17, 15) is 13.6 Å². The fourth-order valence-corrected chi connectivity index (χ4v) is 3.67. The first-order chi connectivity index (χ1) is 11.5. The van der Waals surface area contributed by atoms with E-state index in [2.05, 4.69) is 16.8 Å². The lowest BCUT2D eigenvalue weighted by molar-refractivity contribution is 0.0564. The van der Waals surface area contributed by atoms with Crippen LogP contribution in [0.5, 0.6) is 0 Å². The summed E-state index contributed by atoms with van der Waals surface area (Å²) in [5, 5.41) is 0. The summed E-state index contributed by atoms with van der Waals surface area (Å²) in [5.74, 6) is -1.71. The molecular formula is C18H25F2N3O. The molecule has 0 radical (unpaired) electrons. The number of halogens is 2. The predicted molar refractivity (Wildman–Crippen MR) is 89.0 cm³/mol. The van der Waals surface area contributed by atoms with Crippen LogP contribution in [0.25, 0.3) is 0 Å². The monoisotopic (exact) mass is 337 g/mol. The molecule has 24 heavy (non-hydrogen) atoms. The Morgan fingerprint density at radius 2 is 1.71 bits per heavy atom. The van der Waals surface area contributed by atoms with Gasteiger partial charge in [-0.25, -0.2) is 8.78 Å². The average Bonchev–Trinajstić information content (AvgIpc) is 2.56. The lowest BCUT2D eigenvalue weighted by Gasteiger charge is -2.40. The molecule has 1 amide bonds. The molecule has 3 rings (SSSR count). The summed E-state index contributed by atoms with van der Waals surface area (Å²) in [6.07, 6.45) is 3.80. The fourth-order valence-electron chi connectivity index (χ4n) is 3.67. The molecule has 0 N–H and O–H groups in total. The van der Waals surface area contributed by atoms with E-state index in [-0.39, 0.29) is 11.5 Å². The Hall–Kier alpha value is -1.53. The summed E-state index contributed by atoms with van der Waals surface area (Å²) in [4.78, 5) is 18.9. The molecule has 1 atom stereocenters. The number of piperazine rings is 1. The molecule has 4 nitrogen and oxygen atoms in total. The molecule has 2 aliphatic heterocycles. The summed E-state index contributed by atoms with van der Waals surface area (Å²) >= 11 is 0. The van der Waals surface area contributed by atoms with Crippen molar-refractivity contribution >= 4 is 5.91 Å². The molecule has 0 aliphatic carbocycles. The van der Waals surface area contributed by atoms with E-state index in [4.69, 9.17) is 0 Å². The van der Waals surface area contributed by atoms with Gasteiger partial charge in [0.1, 0.15) is 11.6 Å². The number of hydrogen-bond donors (Lipinski definition) is 0. The van der Waals surface area contributed by atoms with Crippen LogP contribution in [0, 0.1) is 11.6 Å². The van der Waals surface area contributed by atoms with Crippen LogP contribution in [0.3, 0.4) is 0 Å². The van der Waals surface area contributed by atoms with E-state index < -0.39 is 11.6 Å². The Morgan fingerprint density at radius 3 is 2.33 bits per heavy atom. The maximum Gasteiger partial charge on any atom is 0.254 e. The number of carbonyl (C=O) groups is 1. The molecule has 1 aromatic rings. The van der Waals surface area contributed by atoms with Gasteiger partial charge in [-0.15, -0.1) is 0 Å². The lowest BCUT2D eigenvalue weighted by atomic mass is 10.0. The molecule has 132 valence electrons. The van der Waals surface area contributed by atoms with Crippen LogP contribution in [0.1, 0.15) is 29.6 Å². The van der Waals surface area contributed by atoms with Gasteiger partial charge in [-0.05, 0) is 38.6 Å². The second-order valence-electron chi connectivity index (χ2n) is 6.88. The summed E-state index contributed by atoms with van der Waals surface area (Å²) in [5.41, 5.74) is 0.0907. The Kier molecular flexibility index (Phi) is 5.46. The Balaban J connectivity index is 1.53. The quantitative estimate of drug-likeness (QED) is 0.846. The van der Waals surface area contributed by atoms with Crippen molar-refractivity contribution in [3.63, 3.8) is 0 Å². The van der Waals surface area contributed by atoms with Crippen molar-refractivity contribution in [1.29, 1.82) is 0 Å². The largest absolute Gasteiger partial charge is 0.336 e. The highest BCUT2D eigenvalue weighted by Gasteiger charge is 2.26. The van der Waals surface area contributed by atoms with Gasteiger partial charge in [-0.2, -0.15) is 0 Å². The second-order valence-corrected chi connectivity index (χ2v) is 6.88. The minimum Gasteiger partial charge on any atom is -0.336 e. The molecule has 1 unspecified atom stereocenters. The number of likely N-dealkylation sites (tertiary alicyclic amines) is 1. The van der Waals surface area contributed by atoms with Crippen LogP contribution >= 0.6 is 0 Å². The number of amides is 1. The third-order valence-electron chi connectivity index (χ3n) is 5.16. The summed E-state index contributed by atoms with van der Waals surface area (Å²) in [6.45, 7) is 5.03. The summed E-state index contributed by atoms with van der Waals surface area (Å²) < 4.78 is 26.6. The standard InChI is InChI=1S/C18H25F2N3O/c1-21-5-3-2-4-17(21)13-22-6-8-23(9-7-22)18(24)14-10-15(19)12-16(20)11-14/h10-12,17H,2-9,13H2,1H3. The van der Waals surface area contributed by atoms with E-state index in [0.717, 1.165) is 44.4 Å². The molecule has 0 spiro atoms. The number of piperidine rings is 1. The first-order valence-corrected chi connectivity index (χ1v) is 8.71. The molecule has 0 bridgehead atoms. The van der Waals surface area contributed by atoms with E-state index in [0.29, 0.717) is 19.1 Å². The molecule has 2 fully saturated rings. The van der Waals surface area contributed by atoms with Gasteiger partial charge in [0.25, 0.3) is 5.91 Å². The van der Waals surface area contributed by atoms with Crippen molar-refractivity contribution < 1.29 is 13.6 Å². The number of nitrogens with zero attached hydrogens (tertiary/aromatic N) is 3. The number of hydrogen-bond acceptors (Lipinski definition) is 3. The Labute approximate surface area is 142 Å². The molecule has 1 aromatic carbocycles. The van der Waals surface area contributed by atoms with Crippen LogP contribution < -0.4 is 0 Å². The van der Waals surface area contributed by atoms with Gasteiger partial charge in [-0.3, -0.25) is 9.69 Å². The third kappa shape index (κ3) is 4.11. The van der Waals surface area contributed by atoms with Gasteiger partial charge in [0.05, 0.1) is 0 Å². The zero-order valence-corrected chi connectivity index (χ0v) is 14.2. The highest BCUT2D eigenvalue weighted by atomic mass is 19.1. The van der Waals surface area contributed by atoms with Crippen LogP contribution in [0.2, 0.25) is 0 Å². The zero-order chi connectivity index (χ0) is 17.1. The number of likely N-dealkylation sites (N-methyl/N-ethyl adjacent to an activating group) is 1. The van der Waals surface area contributed by atoms with E-state index >= 15 is 0 Å². The van der Waals surface area contributed by atoms with Crippen molar-refractivity contribution in [2.75, 3.05) is 46.3 Å². The molecule has 0 saturated carbocycles. The maximum absolute atomic E-state index is 13.3. The highest BCUT2D eigenvalue weighted by molar-refractivity contribution is 5.94. The van der Waals surface area contributed by atoms with E-state index in [1.54, 1.807) is 4.90 Å².